The summed E-state index contributed by atoms with van der Waals surface area (Å²) >= 11 is 0. The van der Waals surface area contributed by atoms with E-state index in [4.69, 9.17) is 9.47 Å². The minimum Gasteiger partial charge on any atom is -0.506 e. The zero-order valence-electron chi connectivity index (χ0n) is 17.3. The maximum atomic E-state index is 11.4. The van der Waals surface area contributed by atoms with Gasteiger partial charge in [0.05, 0.1) is 17.7 Å². The standard InChI is InChI=1S/C24H29NO3/c1-5-6-7-8-16-14-19-21(22(26)20(16)23-25-11-12-27-23)17-13-15(2)9-10-18(17)24(3,4)28-19/h9-10,13-14,26H,5-8,11-12H2,1-4H3. The highest BCUT2D eigenvalue weighted by Gasteiger charge is 2.36. The Bertz CT molecular complexity index is 943. The fourth-order valence-electron chi connectivity index (χ4n) is 4.24. The molecule has 0 amide bonds. The monoisotopic (exact) mass is 379 g/mol. The lowest BCUT2D eigenvalue weighted by molar-refractivity contribution is 0.105. The van der Waals surface area contributed by atoms with Crippen LogP contribution in [0.2, 0.25) is 0 Å². The molecule has 0 saturated carbocycles. The first-order chi connectivity index (χ1) is 13.4. The molecule has 0 aromatic heterocycles. The van der Waals surface area contributed by atoms with Crippen molar-refractivity contribution < 1.29 is 14.6 Å². The fraction of sp³-hybridized carbons (Fsp3) is 0.458. The summed E-state index contributed by atoms with van der Waals surface area (Å²) < 4.78 is 12.2. The molecule has 4 nitrogen and oxygen atoms in total. The van der Waals surface area contributed by atoms with E-state index < -0.39 is 5.60 Å². The largest absolute Gasteiger partial charge is 0.506 e. The summed E-state index contributed by atoms with van der Waals surface area (Å²) in [5.41, 5.74) is 5.37. The molecule has 0 aliphatic carbocycles. The van der Waals surface area contributed by atoms with Crippen LogP contribution < -0.4 is 4.74 Å². The Labute approximate surface area is 167 Å². The number of phenolic OH excluding ortho intramolecular Hbond substituents is 1. The van der Waals surface area contributed by atoms with Crippen molar-refractivity contribution in [1.82, 2.24) is 0 Å². The summed E-state index contributed by atoms with van der Waals surface area (Å²) in [6.07, 6.45) is 4.24. The third kappa shape index (κ3) is 3.15. The third-order valence-electron chi connectivity index (χ3n) is 5.65. The van der Waals surface area contributed by atoms with Crippen molar-refractivity contribution in [2.45, 2.75) is 59.0 Å². The molecule has 2 aromatic rings. The number of aromatic hydroxyl groups is 1. The first kappa shape index (κ1) is 18.9. The number of aliphatic imine (C=N–C) groups is 1. The van der Waals surface area contributed by atoms with Crippen molar-refractivity contribution in [1.29, 1.82) is 0 Å². The molecule has 2 aliphatic rings. The highest BCUT2D eigenvalue weighted by molar-refractivity contribution is 6.03. The molecule has 1 N–H and O–H groups in total. The van der Waals surface area contributed by atoms with E-state index in [2.05, 4.69) is 57.0 Å². The molecule has 2 aliphatic heterocycles. The second-order valence-corrected chi connectivity index (χ2v) is 8.29. The van der Waals surface area contributed by atoms with Crippen LogP contribution in [0.1, 0.15) is 62.3 Å². The molecule has 0 bridgehead atoms. The van der Waals surface area contributed by atoms with Gasteiger partial charge >= 0.3 is 0 Å². The van der Waals surface area contributed by atoms with Gasteiger partial charge in [0, 0.05) is 5.56 Å². The van der Waals surface area contributed by atoms with Crippen molar-refractivity contribution in [2.24, 2.45) is 4.99 Å². The Morgan fingerprint density at radius 2 is 1.96 bits per heavy atom. The molecule has 148 valence electrons. The number of hydrogen-bond acceptors (Lipinski definition) is 4. The minimum absolute atomic E-state index is 0.229. The smallest absolute Gasteiger partial charge is 0.220 e. The van der Waals surface area contributed by atoms with Crippen LogP contribution in [0.3, 0.4) is 0 Å². The Hall–Kier alpha value is -2.49. The van der Waals surface area contributed by atoms with Crippen LogP contribution in [-0.4, -0.2) is 24.2 Å². The normalized spacial score (nSPS) is 16.6. The van der Waals surface area contributed by atoms with E-state index in [-0.39, 0.29) is 5.75 Å². The Balaban J connectivity index is 1.93. The Morgan fingerprint density at radius 1 is 1.14 bits per heavy atom. The van der Waals surface area contributed by atoms with Gasteiger partial charge in [-0.05, 0) is 50.8 Å². The number of fused-ring (bicyclic) bond motifs is 3. The van der Waals surface area contributed by atoms with Crippen LogP contribution in [-0.2, 0) is 16.8 Å². The third-order valence-corrected chi connectivity index (χ3v) is 5.65. The number of ether oxygens (including phenoxy) is 2. The molecule has 0 unspecified atom stereocenters. The van der Waals surface area contributed by atoms with Crippen LogP contribution in [0.15, 0.2) is 29.3 Å². The van der Waals surface area contributed by atoms with Crippen molar-refractivity contribution in [2.75, 3.05) is 13.2 Å². The molecular weight excluding hydrogens is 350 g/mol. The number of nitrogens with zero attached hydrogens (tertiary/aromatic N) is 1. The van der Waals surface area contributed by atoms with E-state index >= 15 is 0 Å². The number of benzene rings is 2. The van der Waals surface area contributed by atoms with Gasteiger partial charge in [0.25, 0.3) is 0 Å². The maximum absolute atomic E-state index is 11.4. The Kier molecular flexibility index (Phi) is 4.82. The SMILES string of the molecule is CCCCCc1cc2c(c(O)c1C1=NCCO1)-c1cc(C)ccc1C(C)(C)O2. The van der Waals surface area contributed by atoms with Gasteiger partial charge in [0.2, 0.25) is 5.90 Å². The molecular formula is C24H29NO3. The lowest BCUT2D eigenvalue weighted by Gasteiger charge is -2.36. The maximum Gasteiger partial charge on any atom is 0.220 e. The highest BCUT2D eigenvalue weighted by Crippen LogP contribution is 2.51. The minimum atomic E-state index is -0.452. The molecule has 28 heavy (non-hydrogen) atoms. The average molecular weight is 380 g/mol. The molecule has 4 rings (SSSR count). The van der Waals surface area contributed by atoms with E-state index in [0.29, 0.717) is 19.0 Å². The van der Waals surface area contributed by atoms with E-state index in [0.717, 1.165) is 64.8 Å². The van der Waals surface area contributed by atoms with Crippen LogP contribution in [0, 0.1) is 6.92 Å². The summed E-state index contributed by atoms with van der Waals surface area (Å²) in [7, 11) is 0. The van der Waals surface area contributed by atoms with Crippen LogP contribution >= 0.6 is 0 Å². The predicted octanol–water partition coefficient (Wildman–Crippen LogP) is 5.50. The second kappa shape index (κ2) is 7.16. The molecule has 0 saturated heterocycles. The zero-order valence-corrected chi connectivity index (χ0v) is 17.3. The summed E-state index contributed by atoms with van der Waals surface area (Å²) in [5.74, 6) is 1.53. The van der Waals surface area contributed by atoms with E-state index in [1.54, 1.807) is 0 Å². The first-order valence-electron chi connectivity index (χ1n) is 10.3. The van der Waals surface area contributed by atoms with Crippen molar-refractivity contribution in [3.63, 3.8) is 0 Å². The van der Waals surface area contributed by atoms with Crippen molar-refractivity contribution in [3.05, 3.63) is 46.5 Å². The topological polar surface area (TPSA) is 51.1 Å². The summed E-state index contributed by atoms with van der Waals surface area (Å²) in [6, 6.07) is 8.43. The molecule has 0 atom stereocenters. The number of aryl methyl sites for hydroxylation is 2. The van der Waals surface area contributed by atoms with Crippen LogP contribution in [0.5, 0.6) is 11.5 Å². The lowest BCUT2D eigenvalue weighted by atomic mass is 9.83. The molecule has 2 heterocycles. The van der Waals surface area contributed by atoms with E-state index in [1.807, 2.05) is 0 Å². The van der Waals surface area contributed by atoms with E-state index in [9.17, 15) is 5.11 Å². The molecule has 0 fully saturated rings. The first-order valence-corrected chi connectivity index (χ1v) is 10.3. The van der Waals surface area contributed by atoms with Gasteiger partial charge in [-0.2, -0.15) is 0 Å². The summed E-state index contributed by atoms with van der Waals surface area (Å²) in [6.45, 7) is 9.63. The van der Waals surface area contributed by atoms with Crippen molar-refractivity contribution in [3.8, 4) is 22.6 Å². The van der Waals surface area contributed by atoms with Crippen LogP contribution in [0.4, 0.5) is 0 Å². The lowest BCUT2D eigenvalue weighted by Crippen LogP contribution is -2.29. The van der Waals surface area contributed by atoms with Gasteiger partial charge < -0.3 is 14.6 Å². The van der Waals surface area contributed by atoms with Gasteiger partial charge in [0.15, 0.2) is 0 Å². The van der Waals surface area contributed by atoms with Crippen LogP contribution in [0.25, 0.3) is 11.1 Å². The van der Waals surface area contributed by atoms with Crippen molar-refractivity contribution >= 4 is 5.90 Å². The zero-order chi connectivity index (χ0) is 19.9. The number of unbranched alkanes of at least 4 members (excludes halogenated alkanes) is 2. The quantitative estimate of drug-likeness (QED) is 0.698. The van der Waals surface area contributed by atoms with Gasteiger partial charge in [-0.3, -0.25) is 0 Å². The summed E-state index contributed by atoms with van der Waals surface area (Å²) in [4.78, 5) is 4.50. The van der Waals surface area contributed by atoms with Gasteiger partial charge in [-0.1, -0.05) is 43.5 Å². The van der Waals surface area contributed by atoms with Gasteiger partial charge in [-0.15, -0.1) is 0 Å². The summed E-state index contributed by atoms with van der Waals surface area (Å²) in [5, 5.41) is 11.4. The molecule has 0 radical (unpaired) electrons. The van der Waals surface area contributed by atoms with E-state index in [1.165, 1.54) is 0 Å². The van der Waals surface area contributed by atoms with Gasteiger partial charge in [-0.25, -0.2) is 4.99 Å². The molecule has 4 heteroatoms. The molecule has 2 aromatic carbocycles. The Morgan fingerprint density at radius 3 is 2.68 bits per heavy atom. The second-order valence-electron chi connectivity index (χ2n) is 8.29. The predicted molar refractivity (Wildman–Crippen MR) is 113 cm³/mol. The average Bonchev–Trinajstić information content (AvgIpc) is 3.15. The molecule has 0 spiro atoms. The number of phenols is 1. The number of rotatable bonds is 5. The van der Waals surface area contributed by atoms with Gasteiger partial charge in [0.1, 0.15) is 23.7 Å². The highest BCUT2D eigenvalue weighted by atomic mass is 16.5. The fourth-order valence-corrected chi connectivity index (χ4v) is 4.24. The number of hydrogen-bond donors (Lipinski definition) is 1.